The van der Waals surface area contributed by atoms with E-state index in [-0.39, 0.29) is 11.5 Å². The molecule has 0 amide bonds. The second kappa shape index (κ2) is 15.7. The molecule has 2 rings (SSSR count). The van der Waals surface area contributed by atoms with Crippen molar-refractivity contribution in [1.82, 2.24) is 0 Å². The van der Waals surface area contributed by atoms with E-state index in [9.17, 15) is 5.11 Å². The van der Waals surface area contributed by atoms with Crippen LogP contribution in [0.25, 0.3) is 5.57 Å². The second-order valence-corrected chi connectivity index (χ2v) is 8.65. The van der Waals surface area contributed by atoms with Crippen LogP contribution in [-0.2, 0) is 0 Å². The molecule has 0 aliphatic heterocycles. The second-order valence-electron chi connectivity index (χ2n) is 8.65. The Kier molecular flexibility index (Phi) is 15.8. The van der Waals surface area contributed by atoms with Crippen molar-refractivity contribution in [1.29, 1.82) is 0 Å². The van der Waals surface area contributed by atoms with Crippen molar-refractivity contribution in [2.45, 2.75) is 101 Å². The topological polar surface area (TPSA) is 46.2 Å². The van der Waals surface area contributed by atoms with Crippen LogP contribution in [0.15, 0.2) is 59.9 Å². The Bertz CT molecular complexity index is 793. The summed E-state index contributed by atoms with van der Waals surface area (Å²) in [6, 6.07) is 6.16. The highest BCUT2D eigenvalue weighted by Crippen LogP contribution is 2.37. The summed E-state index contributed by atoms with van der Waals surface area (Å²) in [5.41, 5.74) is 14.3. The quantitative estimate of drug-likeness (QED) is 0.447. The molecule has 2 heteroatoms. The Morgan fingerprint density at radius 3 is 2.06 bits per heavy atom. The number of nitrogens with two attached hydrogens (primary N) is 1. The number of benzene rings is 1. The van der Waals surface area contributed by atoms with Crippen LogP contribution in [0.4, 0.5) is 0 Å². The van der Waals surface area contributed by atoms with Crippen molar-refractivity contribution in [2.75, 3.05) is 0 Å². The van der Waals surface area contributed by atoms with Gasteiger partial charge in [0.2, 0.25) is 0 Å². The summed E-state index contributed by atoms with van der Waals surface area (Å²) in [6.07, 6.45) is 5.20. The summed E-state index contributed by atoms with van der Waals surface area (Å²) in [4.78, 5) is 0. The molecule has 1 aliphatic carbocycles. The maximum atomic E-state index is 9.59. The summed E-state index contributed by atoms with van der Waals surface area (Å²) in [6.45, 7) is 30.7. The third-order valence-corrected chi connectivity index (χ3v) is 5.77. The Labute approximate surface area is 200 Å². The van der Waals surface area contributed by atoms with Crippen molar-refractivity contribution in [3.8, 4) is 0 Å². The third kappa shape index (κ3) is 9.20. The predicted octanol–water partition coefficient (Wildman–Crippen LogP) is 9.63. The molecular weight excluding hydrogens is 390 g/mol. The summed E-state index contributed by atoms with van der Waals surface area (Å²) in [7, 11) is 0. The van der Waals surface area contributed by atoms with Crippen LogP contribution in [0.1, 0.15) is 111 Å². The van der Waals surface area contributed by atoms with Gasteiger partial charge < -0.3 is 10.8 Å². The fourth-order valence-corrected chi connectivity index (χ4v) is 3.42. The highest BCUT2D eigenvalue weighted by Gasteiger charge is 2.25. The Hall–Kier alpha value is -2.06. The van der Waals surface area contributed by atoms with Gasteiger partial charge >= 0.3 is 0 Å². The van der Waals surface area contributed by atoms with Crippen molar-refractivity contribution in [3.63, 3.8) is 0 Å². The highest BCUT2D eigenvalue weighted by atomic mass is 16.3. The number of rotatable bonds is 5. The van der Waals surface area contributed by atoms with E-state index >= 15 is 0 Å². The fraction of sp³-hybridized carbons (Fsp3) is 0.533. The summed E-state index contributed by atoms with van der Waals surface area (Å²) >= 11 is 0. The molecule has 1 aliphatic rings. The van der Waals surface area contributed by atoms with Crippen LogP contribution in [0, 0.1) is 12.3 Å². The van der Waals surface area contributed by atoms with Crippen LogP contribution in [0.3, 0.4) is 0 Å². The molecule has 0 spiro atoms. The van der Waals surface area contributed by atoms with E-state index in [1.54, 1.807) is 0 Å². The van der Waals surface area contributed by atoms with Gasteiger partial charge in [0.25, 0.3) is 0 Å². The van der Waals surface area contributed by atoms with Crippen LogP contribution in [0.5, 0.6) is 0 Å². The van der Waals surface area contributed by atoms with Crippen molar-refractivity contribution < 1.29 is 5.11 Å². The maximum Gasteiger partial charge on any atom is 0.117 e. The Balaban J connectivity index is 0. The standard InChI is InChI=1S/C16H23N.C10H16O.2C2H6/c1-6-8-13(5)16(17)15-12(4)9-7-10-14(15)11(2)3;1-7-5-6-10(3,4)8(2)9(7)11;2*1-2/h7,9-10,16H,2,5-6,8,17H2,1,3-4H3;5,11H,6H2,1-4H3;2*1-2H3. The van der Waals surface area contributed by atoms with Crippen molar-refractivity contribution >= 4 is 5.57 Å². The maximum absolute atomic E-state index is 9.59. The molecule has 3 N–H and O–H groups in total. The molecule has 0 aromatic heterocycles. The van der Waals surface area contributed by atoms with Gasteiger partial charge in [0.15, 0.2) is 0 Å². The van der Waals surface area contributed by atoms with Crippen LogP contribution in [-0.4, -0.2) is 5.11 Å². The molecule has 1 atom stereocenters. The molecule has 1 aromatic rings. The number of aliphatic hydroxyl groups is 1. The first-order chi connectivity index (χ1) is 14.9. The molecule has 0 saturated carbocycles. The zero-order valence-electron chi connectivity index (χ0n) is 22.9. The van der Waals surface area contributed by atoms with Gasteiger partial charge in [-0.05, 0) is 73.8 Å². The molecular formula is C30H51NO. The Morgan fingerprint density at radius 2 is 1.62 bits per heavy atom. The van der Waals surface area contributed by atoms with Gasteiger partial charge in [0.1, 0.15) is 5.76 Å². The fourth-order valence-electron chi connectivity index (χ4n) is 3.42. The van der Waals surface area contributed by atoms with E-state index in [0.29, 0.717) is 5.76 Å². The number of hydrogen-bond donors (Lipinski definition) is 2. The molecule has 0 fully saturated rings. The zero-order valence-corrected chi connectivity index (χ0v) is 22.9. The van der Waals surface area contributed by atoms with Gasteiger partial charge in [-0.3, -0.25) is 0 Å². The van der Waals surface area contributed by atoms with E-state index in [4.69, 9.17) is 5.73 Å². The lowest BCUT2D eigenvalue weighted by Crippen LogP contribution is -2.17. The lowest BCUT2D eigenvalue weighted by molar-refractivity contribution is 0.357. The SMILES string of the molecule is C=C(C)c1cccc(C)c1C(N)C(=C)CCC.CC.CC.CC1=CCC(C)(C)C(C)=C1O. The minimum absolute atomic E-state index is 0.0807. The minimum atomic E-state index is -0.0807. The summed E-state index contributed by atoms with van der Waals surface area (Å²) in [5, 5.41) is 9.59. The van der Waals surface area contributed by atoms with Gasteiger partial charge in [-0.1, -0.05) is 103 Å². The van der Waals surface area contributed by atoms with Crippen molar-refractivity contribution in [2.24, 2.45) is 11.1 Å². The zero-order chi connectivity index (χ0) is 25.6. The molecule has 1 aromatic carbocycles. The van der Waals surface area contributed by atoms with Crippen LogP contribution < -0.4 is 5.73 Å². The average molecular weight is 442 g/mol. The molecule has 1 unspecified atom stereocenters. The normalized spacial score (nSPS) is 14.9. The smallest absolute Gasteiger partial charge is 0.117 e. The summed E-state index contributed by atoms with van der Waals surface area (Å²) in [5.74, 6) is 0.487. The lowest BCUT2D eigenvalue weighted by Gasteiger charge is -2.29. The number of aliphatic hydroxyl groups excluding tert-OH is 1. The molecule has 0 radical (unpaired) electrons. The van der Waals surface area contributed by atoms with Crippen LogP contribution in [0.2, 0.25) is 0 Å². The first-order valence-electron chi connectivity index (χ1n) is 12.2. The minimum Gasteiger partial charge on any atom is -0.508 e. The van der Waals surface area contributed by atoms with Gasteiger partial charge in [0.05, 0.1) is 6.04 Å². The van der Waals surface area contributed by atoms with E-state index in [0.717, 1.165) is 47.1 Å². The molecule has 0 bridgehead atoms. The van der Waals surface area contributed by atoms with E-state index in [1.807, 2.05) is 48.5 Å². The lowest BCUT2D eigenvalue weighted by atomic mass is 9.77. The first-order valence-corrected chi connectivity index (χ1v) is 12.2. The van der Waals surface area contributed by atoms with E-state index in [1.165, 1.54) is 11.1 Å². The number of hydrogen-bond acceptors (Lipinski definition) is 2. The molecule has 0 heterocycles. The van der Waals surface area contributed by atoms with E-state index < -0.39 is 0 Å². The van der Waals surface area contributed by atoms with Gasteiger partial charge in [0, 0.05) is 0 Å². The molecule has 0 saturated heterocycles. The van der Waals surface area contributed by atoms with Gasteiger partial charge in [-0.2, -0.15) is 0 Å². The van der Waals surface area contributed by atoms with Crippen LogP contribution >= 0.6 is 0 Å². The predicted molar refractivity (Wildman–Crippen MR) is 147 cm³/mol. The average Bonchev–Trinajstić information content (AvgIpc) is 2.78. The molecule has 2 nitrogen and oxygen atoms in total. The monoisotopic (exact) mass is 441 g/mol. The van der Waals surface area contributed by atoms with E-state index in [2.05, 4.69) is 65.1 Å². The van der Waals surface area contributed by atoms with Gasteiger partial charge in [-0.15, -0.1) is 0 Å². The van der Waals surface area contributed by atoms with Crippen molar-refractivity contribution in [3.05, 3.63) is 76.6 Å². The largest absolute Gasteiger partial charge is 0.508 e. The summed E-state index contributed by atoms with van der Waals surface area (Å²) < 4.78 is 0. The number of aryl methyl sites for hydroxylation is 1. The highest BCUT2D eigenvalue weighted by molar-refractivity contribution is 5.67. The van der Waals surface area contributed by atoms with Gasteiger partial charge in [-0.25, -0.2) is 0 Å². The first kappa shape index (κ1) is 32.1. The third-order valence-electron chi connectivity index (χ3n) is 5.77. The Morgan fingerprint density at radius 1 is 1.09 bits per heavy atom. The molecule has 32 heavy (non-hydrogen) atoms. The number of allylic oxidation sites excluding steroid dienone is 4. The molecule has 182 valence electrons.